The number of nitrogens with zero attached hydrogens (tertiary/aromatic N) is 1. The molecular weight excluding hydrogens is 226 g/mol. The highest BCUT2D eigenvalue weighted by Crippen LogP contribution is 2.21. The van der Waals surface area contributed by atoms with E-state index in [1.807, 2.05) is 0 Å². The lowest BCUT2D eigenvalue weighted by Crippen LogP contribution is -2.59. The van der Waals surface area contributed by atoms with E-state index in [9.17, 15) is 9.59 Å². The van der Waals surface area contributed by atoms with Gasteiger partial charge in [-0.05, 0) is 19.8 Å². The number of hydrogen-bond donors (Lipinski definition) is 3. The van der Waals surface area contributed by atoms with Crippen LogP contribution in [0.4, 0.5) is 9.59 Å². The first-order valence-electron chi connectivity index (χ1n) is 5.66. The summed E-state index contributed by atoms with van der Waals surface area (Å²) in [5.74, 6) is 0. The summed E-state index contributed by atoms with van der Waals surface area (Å²) in [5.41, 5.74) is 5.12. The number of amides is 2. The number of rotatable bonds is 3. The molecule has 7 heteroatoms. The van der Waals surface area contributed by atoms with Crippen molar-refractivity contribution in [3.05, 3.63) is 0 Å². The van der Waals surface area contributed by atoms with Crippen molar-refractivity contribution in [3.8, 4) is 0 Å². The van der Waals surface area contributed by atoms with Crippen molar-refractivity contribution < 1.29 is 19.4 Å². The van der Waals surface area contributed by atoms with Gasteiger partial charge in [-0.2, -0.15) is 0 Å². The Kier molecular flexibility index (Phi) is 4.56. The molecule has 98 valence electrons. The summed E-state index contributed by atoms with van der Waals surface area (Å²) in [5, 5.41) is 11.6. The van der Waals surface area contributed by atoms with Crippen LogP contribution in [0.25, 0.3) is 0 Å². The minimum absolute atomic E-state index is 0.277. The number of hydrogen-bond acceptors (Lipinski definition) is 4. The lowest BCUT2D eigenvalue weighted by atomic mass is 9.88. The second-order valence-corrected chi connectivity index (χ2v) is 4.10. The third-order valence-electron chi connectivity index (χ3n) is 3.02. The summed E-state index contributed by atoms with van der Waals surface area (Å²) < 4.78 is 4.81. The van der Waals surface area contributed by atoms with Crippen LogP contribution in [0.3, 0.4) is 0 Å². The molecule has 4 N–H and O–H groups in total. The minimum Gasteiger partial charge on any atom is -0.465 e. The lowest BCUT2D eigenvalue weighted by Gasteiger charge is -2.40. The predicted octanol–water partition coefficient (Wildman–Crippen LogP) is 0.204. The summed E-state index contributed by atoms with van der Waals surface area (Å²) in [6, 6.07) is 0. The Hall–Kier alpha value is -1.50. The van der Waals surface area contributed by atoms with Gasteiger partial charge < -0.3 is 25.8 Å². The molecule has 0 saturated carbocycles. The van der Waals surface area contributed by atoms with Gasteiger partial charge in [0, 0.05) is 19.6 Å². The Labute approximate surface area is 99.9 Å². The summed E-state index contributed by atoms with van der Waals surface area (Å²) >= 11 is 0. The van der Waals surface area contributed by atoms with Gasteiger partial charge in [-0.3, -0.25) is 0 Å². The van der Waals surface area contributed by atoms with Crippen LogP contribution in [-0.4, -0.2) is 54.0 Å². The molecule has 7 nitrogen and oxygen atoms in total. The fraction of sp³-hybridized carbons (Fsp3) is 0.800. The first kappa shape index (κ1) is 13.6. The molecule has 1 aliphatic rings. The van der Waals surface area contributed by atoms with Gasteiger partial charge in [0.1, 0.15) is 0 Å². The van der Waals surface area contributed by atoms with Gasteiger partial charge in [0.2, 0.25) is 0 Å². The minimum atomic E-state index is -0.938. The number of nitrogens with two attached hydrogens (primary N) is 1. The van der Waals surface area contributed by atoms with Crippen LogP contribution in [0.2, 0.25) is 0 Å². The first-order valence-corrected chi connectivity index (χ1v) is 5.66. The van der Waals surface area contributed by atoms with Crippen LogP contribution in [-0.2, 0) is 4.74 Å². The molecule has 1 saturated heterocycles. The second kappa shape index (κ2) is 5.72. The fourth-order valence-corrected chi connectivity index (χ4v) is 1.89. The van der Waals surface area contributed by atoms with E-state index in [2.05, 4.69) is 5.32 Å². The van der Waals surface area contributed by atoms with E-state index in [0.29, 0.717) is 32.5 Å². The number of piperidine rings is 1. The van der Waals surface area contributed by atoms with Crippen molar-refractivity contribution >= 4 is 12.2 Å². The zero-order chi connectivity index (χ0) is 12.9. The molecule has 0 radical (unpaired) electrons. The van der Waals surface area contributed by atoms with Crippen LogP contribution >= 0.6 is 0 Å². The van der Waals surface area contributed by atoms with Gasteiger partial charge in [-0.1, -0.05) is 0 Å². The van der Waals surface area contributed by atoms with Gasteiger partial charge in [0.25, 0.3) is 0 Å². The monoisotopic (exact) mass is 245 g/mol. The van der Waals surface area contributed by atoms with Crippen molar-refractivity contribution in [2.75, 3.05) is 26.2 Å². The number of ether oxygens (including phenoxy) is 1. The number of carbonyl (C=O) groups is 2. The third-order valence-corrected chi connectivity index (χ3v) is 3.02. The number of alkyl carbamates (subject to hydrolysis) is 1. The molecule has 0 unspecified atom stereocenters. The predicted molar refractivity (Wildman–Crippen MR) is 60.8 cm³/mol. The Morgan fingerprint density at radius 1 is 1.47 bits per heavy atom. The summed E-state index contributed by atoms with van der Waals surface area (Å²) in [4.78, 5) is 23.5. The van der Waals surface area contributed by atoms with E-state index >= 15 is 0 Å². The average molecular weight is 245 g/mol. The molecule has 0 aromatic rings. The smallest absolute Gasteiger partial charge is 0.407 e. The maximum Gasteiger partial charge on any atom is 0.407 e. The highest BCUT2D eigenvalue weighted by molar-refractivity contribution is 5.68. The van der Waals surface area contributed by atoms with Gasteiger partial charge in [0.05, 0.1) is 12.1 Å². The molecule has 1 fully saturated rings. The van der Waals surface area contributed by atoms with E-state index < -0.39 is 17.7 Å². The number of carboxylic acid groups (broad SMARTS) is 1. The van der Waals surface area contributed by atoms with Gasteiger partial charge in [-0.15, -0.1) is 0 Å². The SMILES string of the molecule is CCOC(=O)NC1(CN)CCN(C(=O)O)CC1. The number of nitrogens with one attached hydrogen (secondary N) is 1. The molecule has 0 bridgehead atoms. The Bertz CT molecular complexity index is 287. The van der Waals surface area contributed by atoms with Crippen LogP contribution in [0.1, 0.15) is 19.8 Å². The Morgan fingerprint density at radius 3 is 2.47 bits per heavy atom. The van der Waals surface area contributed by atoms with Crippen LogP contribution in [0.15, 0.2) is 0 Å². The third kappa shape index (κ3) is 3.48. The molecular formula is C10H19N3O4. The van der Waals surface area contributed by atoms with Gasteiger partial charge >= 0.3 is 12.2 Å². The number of likely N-dealkylation sites (tertiary alicyclic amines) is 1. The van der Waals surface area contributed by atoms with E-state index in [-0.39, 0.29) is 6.54 Å². The molecule has 0 aliphatic carbocycles. The molecule has 0 aromatic carbocycles. The van der Waals surface area contributed by atoms with Crippen molar-refractivity contribution in [1.29, 1.82) is 0 Å². The lowest BCUT2D eigenvalue weighted by molar-refractivity contribution is 0.0982. The van der Waals surface area contributed by atoms with Crippen LogP contribution in [0, 0.1) is 0 Å². The Morgan fingerprint density at radius 2 is 2.06 bits per heavy atom. The van der Waals surface area contributed by atoms with Crippen LogP contribution < -0.4 is 11.1 Å². The second-order valence-electron chi connectivity index (χ2n) is 4.10. The molecule has 1 heterocycles. The first-order chi connectivity index (χ1) is 8.03. The maximum atomic E-state index is 11.4. The zero-order valence-corrected chi connectivity index (χ0v) is 9.94. The van der Waals surface area contributed by atoms with E-state index in [1.165, 1.54) is 4.90 Å². The molecule has 2 amide bonds. The molecule has 17 heavy (non-hydrogen) atoms. The average Bonchev–Trinajstić information content (AvgIpc) is 2.30. The summed E-state index contributed by atoms with van der Waals surface area (Å²) in [6.45, 7) is 3.05. The van der Waals surface area contributed by atoms with E-state index in [0.717, 1.165) is 0 Å². The molecule has 0 aromatic heterocycles. The topological polar surface area (TPSA) is 105 Å². The van der Waals surface area contributed by atoms with Crippen molar-refractivity contribution in [1.82, 2.24) is 10.2 Å². The fourth-order valence-electron chi connectivity index (χ4n) is 1.89. The van der Waals surface area contributed by atoms with Crippen molar-refractivity contribution in [2.45, 2.75) is 25.3 Å². The van der Waals surface area contributed by atoms with Gasteiger partial charge in [0.15, 0.2) is 0 Å². The highest BCUT2D eigenvalue weighted by Gasteiger charge is 2.36. The van der Waals surface area contributed by atoms with Crippen molar-refractivity contribution in [3.63, 3.8) is 0 Å². The Balaban J connectivity index is 2.54. The normalized spacial score (nSPS) is 18.6. The number of carbonyl (C=O) groups excluding carboxylic acids is 1. The van der Waals surface area contributed by atoms with E-state index in [4.69, 9.17) is 15.6 Å². The van der Waals surface area contributed by atoms with Crippen LogP contribution in [0.5, 0.6) is 0 Å². The van der Waals surface area contributed by atoms with E-state index in [1.54, 1.807) is 6.92 Å². The summed E-state index contributed by atoms with van der Waals surface area (Å²) in [6.07, 6.45) is -0.419. The molecule has 1 rings (SSSR count). The maximum absolute atomic E-state index is 11.4. The quantitative estimate of drug-likeness (QED) is 0.659. The summed E-state index contributed by atoms with van der Waals surface area (Å²) in [7, 11) is 0. The highest BCUT2D eigenvalue weighted by atomic mass is 16.5. The zero-order valence-electron chi connectivity index (χ0n) is 9.94. The molecule has 0 atom stereocenters. The van der Waals surface area contributed by atoms with Gasteiger partial charge in [-0.25, -0.2) is 9.59 Å². The van der Waals surface area contributed by atoms with Crippen molar-refractivity contribution in [2.24, 2.45) is 5.73 Å². The molecule has 1 aliphatic heterocycles. The molecule has 0 spiro atoms. The largest absolute Gasteiger partial charge is 0.465 e. The standard InChI is InChI=1S/C10H19N3O4/c1-2-17-8(14)12-10(7-11)3-5-13(6-4-10)9(15)16/h2-7,11H2,1H3,(H,12,14)(H,15,16).